The Hall–Kier alpha value is -0.820. The number of fused-ring (bicyclic) bond motifs is 3. The molecular weight excluding hydrogens is 336 g/mol. The minimum atomic E-state index is -0.245. The van der Waals surface area contributed by atoms with E-state index in [0.717, 1.165) is 25.7 Å². The first-order chi connectivity index (χ1) is 12.7. The summed E-state index contributed by atoms with van der Waals surface area (Å²) < 4.78 is 21.8. The second-order valence-corrected chi connectivity index (χ2v) is 8.08. The van der Waals surface area contributed by atoms with E-state index in [-0.39, 0.29) is 36.0 Å². The summed E-state index contributed by atoms with van der Waals surface area (Å²) in [6, 6.07) is 0. The van der Waals surface area contributed by atoms with Crippen LogP contribution >= 0.6 is 0 Å². The molecule has 2 heterocycles. The van der Waals surface area contributed by atoms with Crippen molar-refractivity contribution >= 4 is 11.6 Å². The Morgan fingerprint density at radius 3 is 1.31 bits per heavy atom. The van der Waals surface area contributed by atoms with Crippen molar-refractivity contribution in [1.29, 1.82) is 0 Å². The molecule has 0 radical (unpaired) electrons. The van der Waals surface area contributed by atoms with E-state index in [1.807, 2.05) is 0 Å². The van der Waals surface area contributed by atoms with Gasteiger partial charge < -0.3 is 18.9 Å². The summed E-state index contributed by atoms with van der Waals surface area (Å²) in [5.74, 6) is 1.05. The highest BCUT2D eigenvalue weighted by molar-refractivity contribution is 5.90. The first-order valence-electron chi connectivity index (χ1n) is 10.2. The summed E-state index contributed by atoms with van der Waals surface area (Å²) in [5, 5.41) is 0. The van der Waals surface area contributed by atoms with Crippen molar-refractivity contribution in [3.05, 3.63) is 0 Å². The van der Waals surface area contributed by atoms with Crippen LogP contribution in [0.5, 0.6) is 0 Å². The quantitative estimate of drug-likeness (QED) is 0.657. The second-order valence-electron chi connectivity index (χ2n) is 8.08. The highest BCUT2D eigenvalue weighted by atomic mass is 16.7. The average Bonchev–Trinajstić information content (AvgIpc) is 3.38. The lowest BCUT2D eigenvalue weighted by atomic mass is 9.56. The Balaban J connectivity index is 1.36. The average molecular weight is 366 g/mol. The molecule has 0 spiro atoms. The molecular formula is C20H30O6. The molecule has 2 bridgehead atoms. The molecule has 0 amide bonds. The second kappa shape index (κ2) is 8.46. The highest BCUT2D eigenvalue weighted by Gasteiger charge is 2.49. The molecule has 3 aliphatic carbocycles. The van der Waals surface area contributed by atoms with Gasteiger partial charge in [-0.3, -0.25) is 9.59 Å². The van der Waals surface area contributed by atoms with Crippen molar-refractivity contribution in [3.8, 4) is 0 Å². The molecule has 3 saturated carbocycles. The number of ketones is 2. The van der Waals surface area contributed by atoms with Gasteiger partial charge in [0, 0.05) is 37.5 Å². The largest absolute Gasteiger partial charge is 0.350 e. The summed E-state index contributed by atoms with van der Waals surface area (Å²) in [6.07, 6.45) is 6.01. The first kappa shape index (κ1) is 18.5. The van der Waals surface area contributed by atoms with E-state index in [2.05, 4.69) is 0 Å². The fourth-order valence-corrected chi connectivity index (χ4v) is 5.38. The number of hydrogen-bond donors (Lipinski definition) is 0. The maximum Gasteiger partial charge on any atom is 0.158 e. The van der Waals surface area contributed by atoms with Gasteiger partial charge in [-0.15, -0.1) is 0 Å². The molecule has 2 saturated heterocycles. The molecule has 5 fully saturated rings. The van der Waals surface area contributed by atoms with Gasteiger partial charge in [-0.25, -0.2) is 0 Å². The van der Waals surface area contributed by atoms with Crippen molar-refractivity contribution in [2.24, 2.45) is 23.7 Å². The molecule has 6 nitrogen and oxygen atoms in total. The molecule has 0 unspecified atom stereocenters. The third-order valence-electron chi connectivity index (χ3n) is 6.60. The zero-order chi connectivity index (χ0) is 17.9. The summed E-state index contributed by atoms with van der Waals surface area (Å²) in [7, 11) is 0. The van der Waals surface area contributed by atoms with E-state index < -0.39 is 0 Å². The van der Waals surface area contributed by atoms with Crippen molar-refractivity contribution < 1.29 is 28.5 Å². The van der Waals surface area contributed by atoms with Crippen molar-refractivity contribution in [3.63, 3.8) is 0 Å². The van der Waals surface area contributed by atoms with Gasteiger partial charge in [0.25, 0.3) is 0 Å². The standard InChI is InChI=1S/C20H30O6/c21-15(5-7-17-23-9-10-24-17)19-13-1-2-14(4-3-13)20(19)16(22)6-8-18-25-11-12-26-18/h13-14,17-20H,1-12H2/t13?,14?,19-,20-/m1/s1. The normalized spacial score (nSPS) is 35.2. The van der Waals surface area contributed by atoms with E-state index in [9.17, 15) is 9.59 Å². The number of carbonyl (C=O) groups is 2. The monoisotopic (exact) mass is 366 g/mol. The number of ether oxygens (including phenoxy) is 4. The molecule has 0 aromatic carbocycles. The molecule has 2 aliphatic heterocycles. The van der Waals surface area contributed by atoms with Crippen LogP contribution in [0.25, 0.3) is 0 Å². The molecule has 0 N–H and O–H groups in total. The Morgan fingerprint density at radius 1 is 0.615 bits per heavy atom. The smallest absolute Gasteiger partial charge is 0.158 e. The Labute approximate surface area is 154 Å². The van der Waals surface area contributed by atoms with Crippen LogP contribution in [0.4, 0.5) is 0 Å². The van der Waals surface area contributed by atoms with Crippen molar-refractivity contribution in [2.45, 2.75) is 63.9 Å². The minimum absolute atomic E-state index is 0.0955. The minimum Gasteiger partial charge on any atom is -0.350 e. The third-order valence-corrected chi connectivity index (χ3v) is 6.60. The molecule has 26 heavy (non-hydrogen) atoms. The van der Waals surface area contributed by atoms with Gasteiger partial charge in [0.15, 0.2) is 12.6 Å². The molecule has 5 rings (SSSR count). The number of carbonyl (C=O) groups excluding carboxylic acids is 2. The summed E-state index contributed by atoms with van der Waals surface area (Å²) in [4.78, 5) is 26.0. The Morgan fingerprint density at radius 2 is 0.962 bits per heavy atom. The molecule has 6 heteroatoms. The summed E-state index contributed by atoms with van der Waals surface area (Å²) >= 11 is 0. The van der Waals surface area contributed by atoms with Gasteiger partial charge in [0.1, 0.15) is 11.6 Å². The van der Waals surface area contributed by atoms with E-state index in [1.165, 1.54) is 0 Å². The van der Waals surface area contributed by atoms with Crippen LogP contribution in [0, 0.1) is 23.7 Å². The van der Waals surface area contributed by atoms with Gasteiger partial charge in [-0.1, -0.05) is 0 Å². The number of rotatable bonds is 8. The fraction of sp³-hybridized carbons (Fsp3) is 0.900. The number of Topliss-reactive ketones (excluding diaryl/α,β-unsaturated/α-hetero) is 2. The van der Waals surface area contributed by atoms with Gasteiger partial charge in [0.05, 0.1) is 26.4 Å². The molecule has 0 aromatic heterocycles. The SMILES string of the molecule is O=C(CCC1OCCO1)[C@H]1C2CCC(CC2)[C@@H]1C(=O)CCC1OCCO1. The molecule has 5 aliphatic rings. The Kier molecular flexibility index (Phi) is 6.03. The Bertz CT molecular complexity index is 454. The van der Waals surface area contributed by atoms with Crippen LogP contribution < -0.4 is 0 Å². The third kappa shape index (κ3) is 4.03. The van der Waals surface area contributed by atoms with Gasteiger partial charge in [-0.05, 0) is 37.5 Å². The number of hydrogen-bond acceptors (Lipinski definition) is 6. The van der Waals surface area contributed by atoms with E-state index in [0.29, 0.717) is 63.9 Å². The lowest BCUT2D eigenvalue weighted by Gasteiger charge is -2.47. The summed E-state index contributed by atoms with van der Waals surface area (Å²) in [6.45, 7) is 2.44. The van der Waals surface area contributed by atoms with E-state index >= 15 is 0 Å². The zero-order valence-corrected chi connectivity index (χ0v) is 15.4. The van der Waals surface area contributed by atoms with Gasteiger partial charge in [0.2, 0.25) is 0 Å². The van der Waals surface area contributed by atoms with Gasteiger partial charge >= 0.3 is 0 Å². The van der Waals surface area contributed by atoms with Crippen LogP contribution in [0.15, 0.2) is 0 Å². The van der Waals surface area contributed by atoms with Crippen LogP contribution in [-0.4, -0.2) is 50.6 Å². The highest BCUT2D eigenvalue weighted by Crippen LogP contribution is 2.50. The van der Waals surface area contributed by atoms with Crippen LogP contribution in [-0.2, 0) is 28.5 Å². The first-order valence-corrected chi connectivity index (χ1v) is 10.2. The van der Waals surface area contributed by atoms with E-state index in [1.54, 1.807) is 0 Å². The molecule has 2 atom stereocenters. The van der Waals surface area contributed by atoms with Crippen LogP contribution in [0.1, 0.15) is 51.4 Å². The fourth-order valence-electron chi connectivity index (χ4n) is 5.38. The lowest BCUT2D eigenvalue weighted by molar-refractivity contribution is -0.145. The van der Waals surface area contributed by atoms with E-state index in [4.69, 9.17) is 18.9 Å². The van der Waals surface area contributed by atoms with Crippen molar-refractivity contribution in [2.75, 3.05) is 26.4 Å². The summed E-state index contributed by atoms with van der Waals surface area (Å²) in [5.41, 5.74) is 0. The topological polar surface area (TPSA) is 71.1 Å². The maximum absolute atomic E-state index is 13.0. The maximum atomic E-state index is 13.0. The van der Waals surface area contributed by atoms with Gasteiger partial charge in [-0.2, -0.15) is 0 Å². The van der Waals surface area contributed by atoms with Crippen LogP contribution in [0.2, 0.25) is 0 Å². The van der Waals surface area contributed by atoms with Crippen LogP contribution in [0.3, 0.4) is 0 Å². The zero-order valence-electron chi connectivity index (χ0n) is 15.4. The molecule has 146 valence electrons. The predicted molar refractivity (Wildman–Crippen MR) is 92.3 cm³/mol. The molecule has 0 aromatic rings. The lowest BCUT2D eigenvalue weighted by Crippen LogP contribution is -2.47. The van der Waals surface area contributed by atoms with Crippen molar-refractivity contribution in [1.82, 2.24) is 0 Å². The predicted octanol–water partition coefficient (Wildman–Crippen LogP) is 2.48.